The number of aromatic nitrogens is 3. The maximum atomic E-state index is 9.33. The Balaban J connectivity index is 1.65. The molecule has 21 heavy (non-hydrogen) atoms. The zero-order valence-corrected chi connectivity index (χ0v) is 12.4. The van der Waals surface area contributed by atoms with Gasteiger partial charge in [-0.25, -0.2) is 9.97 Å². The molecule has 3 rings (SSSR count). The highest BCUT2D eigenvalue weighted by Gasteiger charge is 2.23. The first-order chi connectivity index (χ1) is 10.4. The van der Waals surface area contributed by atoms with Gasteiger partial charge in [0.25, 0.3) is 0 Å². The van der Waals surface area contributed by atoms with E-state index in [-0.39, 0.29) is 6.61 Å². The Morgan fingerprint density at radius 3 is 2.95 bits per heavy atom. The van der Waals surface area contributed by atoms with Crippen molar-refractivity contribution in [2.75, 3.05) is 6.61 Å². The van der Waals surface area contributed by atoms with Gasteiger partial charge in [0, 0.05) is 31.6 Å². The molecule has 0 aliphatic heterocycles. The average Bonchev–Trinajstić information content (AvgIpc) is 2.95. The summed E-state index contributed by atoms with van der Waals surface area (Å²) < 4.78 is 2.02. The van der Waals surface area contributed by atoms with E-state index in [1.807, 2.05) is 22.9 Å². The van der Waals surface area contributed by atoms with Crippen molar-refractivity contribution in [3.05, 3.63) is 30.4 Å². The number of fused-ring (bicyclic) bond motifs is 1. The molecule has 5 heteroatoms. The van der Waals surface area contributed by atoms with Crippen LogP contribution in [0.4, 0.5) is 0 Å². The molecule has 2 aromatic heterocycles. The summed E-state index contributed by atoms with van der Waals surface area (Å²) in [5.74, 6) is 1.44. The lowest BCUT2D eigenvalue weighted by Gasteiger charge is -2.30. The number of aliphatic hydroxyl groups is 1. The average molecular weight is 288 g/mol. The number of aliphatic hydroxyl groups excluding tert-OH is 1. The molecule has 2 heterocycles. The molecule has 114 valence electrons. The van der Waals surface area contributed by atoms with Gasteiger partial charge in [0.1, 0.15) is 0 Å². The summed E-state index contributed by atoms with van der Waals surface area (Å²) in [6.45, 7) is 1.02. The van der Waals surface area contributed by atoms with Crippen molar-refractivity contribution < 1.29 is 5.11 Å². The van der Waals surface area contributed by atoms with Crippen LogP contribution >= 0.6 is 0 Å². The Hall–Kier alpha value is -1.46. The third-order valence-electron chi connectivity index (χ3n) is 4.57. The van der Waals surface area contributed by atoms with Crippen LogP contribution in [0.3, 0.4) is 0 Å². The van der Waals surface area contributed by atoms with Crippen molar-refractivity contribution in [3.63, 3.8) is 0 Å². The molecule has 0 bridgehead atoms. The van der Waals surface area contributed by atoms with Gasteiger partial charge >= 0.3 is 0 Å². The van der Waals surface area contributed by atoms with Gasteiger partial charge in [-0.2, -0.15) is 0 Å². The van der Waals surface area contributed by atoms with Crippen LogP contribution in [0.5, 0.6) is 0 Å². The first-order valence-electron chi connectivity index (χ1n) is 7.99. The minimum Gasteiger partial charge on any atom is -0.396 e. The quantitative estimate of drug-likeness (QED) is 0.855. The number of nitrogens with zero attached hydrogens (tertiary/aromatic N) is 3. The molecular weight excluding hydrogens is 264 g/mol. The van der Waals surface area contributed by atoms with E-state index in [4.69, 9.17) is 0 Å². The number of nitrogens with one attached hydrogen (secondary N) is 1. The second-order valence-corrected chi connectivity index (χ2v) is 5.94. The van der Waals surface area contributed by atoms with E-state index in [9.17, 15) is 5.11 Å². The molecule has 0 radical (unpaired) electrons. The van der Waals surface area contributed by atoms with E-state index in [0.29, 0.717) is 12.0 Å². The van der Waals surface area contributed by atoms with Crippen LogP contribution in [0, 0.1) is 5.92 Å². The molecular formula is C16H24N4O. The van der Waals surface area contributed by atoms with Crippen molar-refractivity contribution in [2.45, 2.75) is 51.1 Å². The topological polar surface area (TPSA) is 62.5 Å². The molecule has 1 fully saturated rings. The van der Waals surface area contributed by atoms with Gasteiger partial charge in [0.15, 0.2) is 0 Å². The first kappa shape index (κ1) is 14.5. The van der Waals surface area contributed by atoms with E-state index in [0.717, 1.165) is 24.4 Å². The maximum Gasteiger partial charge on any atom is 0.233 e. The minimum atomic E-state index is 0.253. The van der Waals surface area contributed by atoms with Crippen molar-refractivity contribution >= 4 is 5.78 Å². The van der Waals surface area contributed by atoms with Crippen LogP contribution in [0.25, 0.3) is 5.78 Å². The van der Waals surface area contributed by atoms with Gasteiger partial charge in [-0.1, -0.05) is 19.3 Å². The Morgan fingerprint density at radius 2 is 2.14 bits per heavy atom. The molecule has 1 aliphatic rings. The van der Waals surface area contributed by atoms with Gasteiger partial charge < -0.3 is 10.4 Å². The lowest BCUT2D eigenvalue weighted by Crippen LogP contribution is -2.37. The van der Waals surface area contributed by atoms with Gasteiger partial charge in [-0.15, -0.1) is 0 Å². The van der Waals surface area contributed by atoms with E-state index in [1.54, 1.807) is 6.20 Å². The summed E-state index contributed by atoms with van der Waals surface area (Å²) in [6.07, 6.45) is 13.1. The molecule has 1 saturated carbocycles. The summed E-state index contributed by atoms with van der Waals surface area (Å²) in [7, 11) is 0. The van der Waals surface area contributed by atoms with E-state index in [2.05, 4.69) is 15.3 Å². The third kappa shape index (κ3) is 3.41. The predicted octanol–water partition coefficient (Wildman–Crippen LogP) is 2.15. The molecule has 1 unspecified atom stereocenters. The van der Waals surface area contributed by atoms with Crippen molar-refractivity contribution in [1.82, 2.24) is 19.7 Å². The predicted molar refractivity (Wildman–Crippen MR) is 81.9 cm³/mol. The second kappa shape index (κ2) is 7.00. The van der Waals surface area contributed by atoms with Crippen molar-refractivity contribution in [2.24, 2.45) is 5.92 Å². The standard InChI is InChI=1S/C16H24N4O/c21-10-7-15(13-5-2-1-3-6-13)18-11-14-12-19-16-17-8-4-9-20(14)16/h4,8-9,12-13,15,18,21H,1-3,5-7,10-11H2. The molecule has 1 atom stereocenters. The third-order valence-corrected chi connectivity index (χ3v) is 4.57. The van der Waals surface area contributed by atoms with E-state index in [1.165, 1.54) is 32.1 Å². The van der Waals surface area contributed by atoms with Crippen LogP contribution < -0.4 is 5.32 Å². The zero-order chi connectivity index (χ0) is 14.5. The molecule has 0 amide bonds. The van der Waals surface area contributed by atoms with Crippen LogP contribution in [0.1, 0.15) is 44.2 Å². The minimum absolute atomic E-state index is 0.253. The molecule has 2 aromatic rings. The fraction of sp³-hybridized carbons (Fsp3) is 0.625. The molecule has 5 nitrogen and oxygen atoms in total. The van der Waals surface area contributed by atoms with Gasteiger partial charge in [0.05, 0.1) is 11.9 Å². The van der Waals surface area contributed by atoms with Crippen LogP contribution in [-0.2, 0) is 6.54 Å². The van der Waals surface area contributed by atoms with E-state index < -0.39 is 0 Å². The van der Waals surface area contributed by atoms with Crippen LogP contribution in [0.15, 0.2) is 24.7 Å². The van der Waals surface area contributed by atoms with Crippen molar-refractivity contribution in [3.8, 4) is 0 Å². The maximum absolute atomic E-state index is 9.33. The summed E-state index contributed by atoms with van der Waals surface area (Å²) in [4.78, 5) is 8.56. The number of imidazole rings is 1. The summed E-state index contributed by atoms with van der Waals surface area (Å²) >= 11 is 0. The van der Waals surface area contributed by atoms with Gasteiger partial charge in [-0.05, 0) is 31.2 Å². The van der Waals surface area contributed by atoms with Crippen molar-refractivity contribution in [1.29, 1.82) is 0 Å². The SMILES string of the molecule is OCCC(NCc1cnc2ncccn12)C1CCCCC1. The summed E-state index contributed by atoms with van der Waals surface area (Å²) in [5, 5.41) is 13.0. The smallest absolute Gasteiger partial charge is 0.233 e. The summed E-state index contributed by atoms with van der Waals surface area (Å²) in [5.41, 5.74) is 1.12. The van der Waals surface area contributed by atoms with Gasteiger partial charge in [-0.3, -0.25) is 4.40 Å². The highest BCUT2D eigenvalue weighted by molar-refractivity contribution is 5.30. The highest BCUT2D eigenvalue weighted by Crippen LogP contribution is 2.27. The lowest BCUT2D eigenvalue weighted by atomic mass is 9.83. The van der Waals surface area contributed by atoms with Crippen LogP contribution in [-0.4, -0.2) is 32.1 Å². The Labute approximate surface area is 125 Å². The number of rotatable bonds is 6. The molecule has 0 saturated heterocycles. The Kier molecular flexibility index (Phi) is 4.83. The normalized spacial score (nSPS) is 18.1. The molecule has 0 spiro atoms. The second-order valence-electron chi connectivity index (χ2n) is 5.94. The molecule has 2 N–H and O–H groups in total. The van der Waals surface area contributed by atoms with Gasteiger partial charge in [0.2, 0.25) is 5.78 Å². The van der Waals surface area contributed by atoms with E-state index >= 15 is 0 Å². The Bertz CT molecular complexity index is 562. The lowest BCUT2D eigenvalue weighted by molar-refractivity contribution is 0.205. The summed E-state index contributed by atoms with van der Waals surface area (Å²) in [6, 6.07) is 2.32. The monoisotopic (exact) mass is 288 g/mol. The first-order valence-corrected chi connectivity index (χ1v) is 7.99. The zero-order valence-electron chi connectivity index (χ0n) is 12.4. The highest BCUT2D eigenvalue weighted by atomic mass is 16.3. The number of hydrogen-bond donors (Lipinski definition) is 2. The molecule has 1 aliphatic carbocycles. The fourth-order valence-corrected chi connectivity index (χ4v) is 3.42. The fourth-order valence-electron chi connectivity index (χ4n) is 3.42. The largest absolute Gasteiger partial charge is 0.396 e. The van der Waals surface area contributed by atoms with Crippen LogP contribution in [0.2, 0.25) is 0 Å². The number of hydrogen-bond acceptors (Lipinski definition) is 4. The molecule has 0 aromatic carbocycles. The Morgan fingerprint density at radius 1 is 1.29 bits per heavy atom.